The number of aryl methyl sites for hydroxylation is 1. The Morgan fingerprint density at radius 3 is 2.50 bits per heavy atom. The number of nitrogens with zero attached hydrogens (tertiary/aromatic N) is 2. The van der Waals surface area contributed by atoms with Crippen LogP contribution < -0.4 is 10.6 Å². The molecule has 7 heteroatoms. The number of aromatic nitrogens is 2. The molecule has 7 nitrogen and oxygen atoms in total. The van der Waals surface area contributed by atoms with Crippen molar-refractivity contribution >= 4 is 23.5 Å². The Morgan fingerprint density at radius 2 is 1.79 bits per heavy atom. The van der Waals surface area contributed by atoms with Crippen LogP contribution in [0.5, 0.6) is 0 Å². The maximum Gasteiger partial charge on any atom is 0.339 e. The molecule has 1 aromatic heterocycles. The molecule has 1 heterocycles. The van der Waals surface area contributed by atoms with E-state index in [-0.39, 0.29) is 11.9 Å². The fourth-order valence-electron chi connectivity index (χ4n) is 2.62. The van der Waals surface area contributed by atoms with Crippen molar-refractivity contribution in [3.05, 3.63) is 83.2 Å². The summed E-state index contributed by atoms with van der Waals surface area (Å²) in [6, 6.07) is 14.8. The summed E-state index contributed by atoms with van der Waals surface area (Å²) in [5.41, 5.74) is 3.39. The molecule has 2 N–H and O–H groups in total. The van der Waals surface area contributed by atoms with Crippen molar-refractivity contribution in [2.75, 3.05) is 12.4 Å². The van der Waals surface area contributed by atoms with Crippen LogP contribution in [0.15, 0.2) is 60.9 Å². The van der Waals surface area contributed by atoms with Gasteiger partial charge in [0.15, 0.2) is 0 Å². The van der Waals surface area contributed by atoms with Crippen LogP contribution in [0, 0.1) is 6.92 Å². The monoisotopic (exact) mass is 376 g/mol. The van der Waals surface area contributed by atoms with Gasteiger partial charge >= 0.3 is 5.97 Å². The van der Waals surface area contributed by atoms with Crippen LogP contribution in [0.4, 0.5) is 11.6 Å². The quantitative estimate of drug-likeness (QED) is 0.642. The molecule has 2 aromatic carbocycles. The number of ether oxygens (including phenoxy) is 1. The van der Waals surface area contributed by atoms with Gasteiger partial charge < -0.3 is 15.4 Å². The van der Waals surface area contributed by atoms with Crippen LogP contribution in [0.3, 0.4) is 0 Å². The molecule has 0 aliphatic rings. The van der Waals surface area contributed by atoms with Crippen LogP contribution in [-0.4, -0.2) is 29.0 Å². The Hall–Kier alpha value is -3.74. The molecule has 3 aromatic rings. The van der Waals surface area contributed by atoms with Gasteiger partial charge in [0.2, 0.25) is 5.95 Å². The lowest BCUT2D eigenvalue weighted by molar-refractivity contribution is 0.0601. The first kappa shape index (κ1) is 19.0. The Balaban J connectivity index is 1.65. The Kier molecular flexibility index (Phi) is 5.96. The molecule has 0 spiro atoms. The van der Waals surface area contributed by atoms with Gasteiger partial charge in [-0.25, -0.2) is 14.8 Å². The smallest absolute Gasteiger partial charge is 0.339 e. The van der Waals surface area contributed by atoms with E-state index in [1.54, 1.807) is 24.3 Å². The number of anilines is 2. The summed E-state index contributed by atoms with van der Waals surface area (Å²) in [4.78, 5) is 32.4. The minimum Gasteiger partial charge on any atom is -0.465 e. The van der Waals surface area contributed by atoms with Gasteiger partial charge in [-0.1, -0.05) is 42.0 Å². The predicted octanol–water partition coefficient (Wildman–Crippen LogP) is 3.25. The highest BCUT2D eigenvalue weighted by molar-refractivity contribution is 5.96. The molecule has 0 fully saturated rings. The molecule has 0 atom stereocenters. The molecule has 0 unspecified atom stereocenters. The second-order valence-electron chi connectivity index (χ2n) is 6.13. The molecule has 28 heavy (non-hydrogen) atoms. The first-order valence-electron chi connectivity index (χ1n) is 8.67. The molecule has 0 aliphatic heterocycles. The zero-order valence-corrected chi connectivity index (χ0v) is 15.6. The van der Waals surface area contributed by atoms with Gasteiger partial charge in [-0.05, 0) is 24.6 Å². The van der Waals surface area contributed by atoms with E-state index in [9.17, 15) is 9.59 Å². The van der Waals surface area contributed by atoms with Crippen molar-refractivity contribution < 1.29 is 14.3 Å². The summed E-state index contributed by atoms with van der Waals surface area (Å²) in [6.07, 6.45) is 2.86. The van der Waals surface area contributed by atoms with E-state index in [0.29, 0.717) is 23.4 Å². The van der Waals surface area contributed by atoms with Gasteiger partial charge in [0.05, 0.1) is 23.9 Å². The number of esters is 1. The first-order chi connectivity index (χ1) is 13.6. The molecule has 0 bridgehead atoms. The zero-order valence-electron chi connectivity index (χ0n) is 15.6. The number of amides is 1. The van der Waals surface area contributed by atoms with Crippen LogP contribution in [-0.2, 0) is 11.3 Å². The van der Waals surface area contributed by atoms with E-state index >= 15 is 0 Å². The van der Waals surface area contributed by atoms with E-state index in [1.807, 2.05) is 31.2 Å². The Bertz CT molecular complexity index is 987. The Labute approximate surface area is 162 Å². The number of rotatable bonds is 6. The topological polar surface area (TPSA) is 93.2 Å². The number of nitrogens with one attached hydrogen (secondary N) is 2. The molecule has 0 saturated carbocycles. The standard InChI is InChI=1S/C21H20N4O3/c1-14-6-5-7-15(10-14)11-22-19(26)16-12-23-21(24-13-16)25-18-9-4-3-8-17(18)20(27)28-2/h3-10,12-13H,11H2,1-2H3,(H,22,26)(H,23,24,25). The molecular formula is C21H20N4O3. The minimum absolute atomic E-state index is 0.261. The molecule has 1 amide bonds. The number of carbonyl (C=O) groups excluding carboxylic acids is 2. The van der Waals surface area contributed by atoms with Crippen molar-refractivity contribution in [1.82, 2.24) is 15.3 Å². The molecule has 142 valence electrons. The number of para-hydroxylation sites is 1. The van der Waals surface area contributed by atoms with Crippen molar-refractivity contribution in [3.63, 3.8) is 0 Å². The third kappa shape index (κ3) is 4.70. The van der Waals surface area contributed by atoms with Gasteiger partial charge in [0.25, 0.3) is 5.91 Å². The highest BCUT2D eigenvalue weighted by Crippen LogP contribution is 2.19. The van der Waals surface area contributed by atoms with E-state index in [1.165, 1.54) is 19.5 Å². The normalized spacial score (nSPS) is 10.2. The average molecular weight is 376 g/mol. The Morgan fingerprint density at radius 1 is 1.04 bits per heavy atom. The predicted molar refractivity (Wildman–Crippen MR) is 105 cm³/mol. The number of carbonyl (C=O) groups is 2. The van der Waals surface area contributed by atoms with Gasteiger partial charge in [-0.3, -0.25) is 4.79 Å². The maximum atomic E-state index is 12.3. The van der Waals surface area contributed by atoms with Crippen LogP contribution in [0.1, 0.15) is 31.8 Å². The summed E-state index contributed by atoms with van der Waals surface area (Å²) >= 11 is 0. The molecule has 0 saturated heterocycles. The maximum absolute atomic E-state index is 12.3. The fraction of sp³-hybridized carbons (Fsp3) is 0.143. The lowest BCUT2D eigenvalue weighted by atomic mass is 10.1. The third-order valence-electron chi connectivity index (χ3n) is 4.03. The number of hydrogen-bond acceptors (Lipinski definition) is 6. The lowest BCUT2D eigenvalue weighted by Gasteiger charge is -2.10. The second kappa shape index (κ2) is 8.77. The van der Waals surface area contributed by atoms with Crippen molar-refractivity contribution in [1.29, 1.82) is 0 Å². The summed E-state index contributed by atoms with van der Waals surface area (Å²) in [5, 5.41) is 5.81. The van der Waals surface area contributed by atoms with Crippen LogP contribution >= 0.6 is 0 Å². The highest BCUT2D eigenvalue weighted by atomic mass is 16.5. The zero-order chi connectivity index (χ0) is 19.9. The van der Waals surface area contributed by atoms with E-state index in [0.717, 1.165) is 11.1 Å². The summed E-state index contributed by atoms with van der Waals surface area (Å²) in [6.45, 7) is 2.43. The molecule has 0 aliphatic carbocycles. The number of benzene rings is 2. The van der Waals surface area contributed by atoms with Crippen LogP contribution in [0.2, 0.25) is 0 Å². The number of methoxy groups -OCH3 is 1. The summed E-state index contributed by atoms with van der Waals surface area (Å²) in [7, 11) is 1.32. The summed E-state index contributed by atoms with van der Waals surface area (Å²) in [5.74, 6) is -0.454. The van der Waals surface area contributed by atoms with Crippen molar-refractivity contribution in [2.24, 2.45) is 0 Å². The highest BCUT2D eigenvalue weighted by Gasteiger charge is 2.12. The van der Waals surface area contributed by atoms with Gasteiger partial charge in [-0.2, -0.15) is 0 Å². The SMILES string of the molecule is COC(=O)c1ccccc1Nc1ncc(C(=O)NCc2cccc(C)c2)cn1. The largest absolute Gasteiger partial charge is 0.465 e. The molecule has 0 radical (unpaired) electrons. The lowest BCUT2D eigenvalue weighted by Crippen LogP contribution is -2.23. The van der Waals surface area contributed by atoms with Gasteiger partial charge in [0.1, 0.15) is 0 Å². The van der Waals surface area contributed by atoms with Gasteiger partial charge in [-0.15, -0.1) is 0 Å². The average Bonchev–Trinajstić information content (AvgIpc) is 2.72. The van der Waals surface area contributed by atoms with E-state index in [2.05, 4.69) is 20.6 Å². The van der Waals surface area contributed by atoms with Crippen molar-refractivity contribution in [3.8, 4) is 0 Å². The second-order valence-corrected chi connectivity index (χ2v) is 6.13. The summed E-state index contributed by atoms with van der Waals surface area (Å²) < 4.78 is 4.76. The molecule has 3 rings (SSSR count). The third-order valence-corrected chi connectivity index (χ3v) is 4.03. The van der Waals surface area contributed by atoms with Crippen LogP contribution in [0.25, 0.3) is 0 Å². The van der Waals surface area contributed by atoms with Crippen molar-refractivity contribution in [2.45, 2.75) is 13.5 Å². The van der Waals surface area contributed by atoms with Gasteiger partial charge in [0, 0.05) is 18.9 Å². The first-order valence-corrected chi connectivity index (χ1v) is 8.67. The van der Waals surface area contributed by atoms with E-state index in [4.69, 9.17) is 4.74 Å². The number of hydrogen-bond donors (Lipinski definition) is 2. The van der Waals surface area contributed by atoms with E-state index < -0.39 is 5.97 Å². The fourth-order valence-corrected chi connectivity index (χ4v) is 2.62. The molecular weight excluding hydrogens is 356 g/mol. The minimum atomic E-state index is -0.463.